The normalized spacial score (nSPS) is 14.9. The summed E-state index contributed by atoms with van der Waals surface area (Å²) in [6, 6.07) is 14.6. The number of fused-ring (bicyclic) bond motifs is 1. The molecule has 0 spiro atoms. The fraction of sp³-hybridized carbons (Fsp3) is 0.318. The summed E-state index contributed by atoms with van der Waals surface area (Å²) in [4.78, 5) is 37.5. The van der Waals surface area contributed by atoms with Crippen LogP contribution in [-0.2, 0) is 14.3 Å². The van der Waals surface area contributed by atoms with Crippen molar-refractivity contribution >= 4 is 35.2 Å². The van der Waals surface area contributed by atoms with Gasteiger partial charge in [0.1, 0.15) is 0 Å². The van der Waals surface area contributed by atoms with Gasteiger partial charge in [0.05, 0.1) is 23.0 Å². The fourth-order valence-electron chi connectivity index (χ4n) is 3.08. The molecule has 0 fully saturated rings. The van der Waals surface area contributed by atoms with Gasteiger partial charge in [0.25, 0.3) is 5.91 Å². The van der Waals surface area contributed by atoms with Gasteiger partial charge in [-0.25, -0.2) is 4.79 Å². The van der Waals surface area contributed by atoms with Gasteiger partial charge in [-0.2, -0.15) is 0 Å². The molecule has 6 nitrogen and oxygen atoms in total. The quantitative estimate of drug-likeness (QED) is 0.673. The Balaban J connectivity index is 1.63. The highest BCUT2D eigenvalue weighted by atomic mass is 32.2. The maximum absolute atomic E-state index is 12.6. The number of amides is 2. The van der Waals surface area contributed by atoms with Crippen molar-refractivity contribution in [1.29, 1.82) is 0 Å². The summed E-state index contributed by atoms with van der Waals surface area (Å²) < 4.78 is 5.36. The first-order chi connectivity index (χ1) is 14.0. The second kappa shape index (κ2) is 9.60. The van der Waals surface area contributed by atoms with Gasteiger partial charge in [0, 0.05) is 4.90 Å². The molecule has 2 atom stereocenters. The number of hydrogen-bond acceptors (Lipinski definition) is 5. The van der Waals surface area contributed by atoms with Crippen LogP contribution >= 0.6 is 11.8 Å². The Hall–Kier alpha value is -2.80. The minimum Gasteiger partial charge on any atom is -0.449 e. The Bertz CT molecular complexity index is 901. The van der Waals surface area contributed by atoms with E-state index in [0.29, 0.717) is 17.0 Å². The molecule has 1 aliphatic rings. The van der Waals surface area contributed by atoms with E-state index in [4.69, 9.17) is 4.74 Å². The molecular weight excluding hydrogens is 388 g/mol. The summed E-state index contributed by atoms with van der Waals surface area (Å²) in [5.74, 6) is -0.702. The third kappa shape index (κ3) is 5.38. The molecule has 1 aliphatic heterocycles. The van der Waals surface area contributed by atoms with Crippen LogP contribution < -0.4 is 10.6 Å². The van der Waals surface area contributed by atoms with Gasteiger partial charge in [0.2, 0.25) is 5.91 Å². The Kier molecular flexibility index (Phi) is 6.93. The number of carbonyl (C=O) groups excluding carboxylic acids is 3. The van der Waals surface area contributed by atoms with Gasteiger partial charge in [0.15, 0.2) is 6.10 Å². The number of esters is 1. The number of thioether (sulfide) groups is 1. The van der Waals surface area contributed by atoms with Crippen molar-refractivity contribution in [3.63, 3.8) is 0 Å². The molecule has 0 radical (unpaired) electrons. The molecule has 2 amide bonds. The van der Waals surface area contributed by atoms with E-state index in [9.17, 15) is 14.4 Å². The first kappa shape index (κ1) is 20.9. The van der Waals surface area contributed by atoms with E-state index in [1.807, 2.05) is 30.3 Å². The molecular formula is C22H24N2O4S. The molecule has 2 aromatic rings. The maximum Gasteiger partial charge on any atom is 0.338 e. The second-order valence-electron chi connectivity index (χ2n) is 6.86. The molecule has 2 aromatic carbocycles. The average molecular weight is 413 g/mol. The number of anilines is 1. The standard InChI is InChI=1S/C22H24N2O4S/c1-3-7-17(15-8-5-4-6-9-15)24-21(26)14(2)28-22(27)16-10-11-19-18(12-16)23-20(25)13-29-19/h4-6,8-12,14,17H,3,7,13H2,1-2H3,(H,23,25)(H,24,26). The lowest BCUT2D eigenvalue weighted by molar-refractivity contribution is -0.130. The predicted octanol–water partition coefficient (Wildman–Crippen LogP) is 3.93. The van der Waals surface area contributed by atoms with E-state index < -0.39 is 12.1 Å². The highest BCUT2D eigenvalue weighted by Gasteiger charge is 2.23. The molecule has 1 heterocycles. The summed E-state index contributed by atoms with van der Waals surface area (Å²) in [6.07, 6.45) is 0.761. The Labute approximate surface area is 174 Å². The lowest BCUT2D eigenvalue weighted by Crippen LogP contribution is -2.38. The molecule has 0 aromatic heterocycles. The number of rotatable bonds is 7. The van der Waals surface area contributed by atoms with Crippen LogP contribution in [0.15, 0.2) is 53.4 Å². The van der Waals surface area contributed by atoms with Crippen molar-refractivity contribution < 1.29 is 19.1 Å². The number of nitrogens with one attached hydrogen (secondary N) is 2. The van der Waals surface area contributed by atoms with E-state index in [1.165, 1.54) is 11.8 Å². The third-order valence-electron chi connectivity index (χ3n) is 4.60. The summed E-state index contributed by atoms with van der Waals surface area (Å²) in [5, 5.41) is 5.71. The van der Waals surface area contributed by atoms with Crippen LogP contribution in [0.25, 0.3) is 0 Å². The monoisotopic (exact) mass is 412 g/mol. The van der Waals surface area contributed by atoms with Crippen LogP contribution in [-0.4, -0.2) is 29.6 Å². The summed E-state index contributed by atoms with van der Waals surface area (Å²) in [5.41, 5.74) is 1.90. The Morgan fingerprint density at radius 1 is 1.21 bits per heavy atom. The second-order valence-corrected chi connectivity index (χ2v) is 7.87. The van der Waals surface area contributed by atoms with Crippen molar-refractivity contribution in [3.05, 3.63) is 59.7 Å². The van der Waals surface area contributed by atoms with Crippen LogP contribution in [0.1, 0.15) is 48.7 Å². The largest absolute Gasteiger partial charge is 0.449 e. The molecule has 0 bridgehead atoms. The van der Waals surface area contributed by atoms with E-state index in [-0.39, 0.29) is 17.9 Å². The lowest BCUT2D eigenvalue weighted by atomic mass is 10.0. The minimum atomic E-state index is -0.939. The lowest BCUT2D eigenvalue weighted by Gasteiger charge is -2.21. The van der Waals surface area contributed by atoms with Gasteiger partial charge >= 0.3 is 5.97 Å². The summed E-state index contributed by atoms with van der Waals surface area (Å²) >= 11 is 1.42. The molecule has 0 aliphatic carbocycles. The van der Waals surface area contributed by atoms with E-state index in [2.05, 4.69) is 17.6 Å². The predicted molar refractivity (Wildman–Crippen MR) is 113 cm³/mol. The van der Waals surface area contributed by atoms with Crippen LogP contribution in [0.4, 0.5) is 5.69 Å². The van der Waals surface area contributed by atoms with Crippen molar-refractivity contribution in [2.24, 2.45) is 0 Å². The molecule has 2 unspecified atom stereocenters. The van der Waals surface area contributed by atoms with Crippen molar-refractivity contribution in [2.75, 3.05) is 11.1 Å². The summed E-state index contributed by atoms with van der Waals surface area (Å²) in [7, 11) is 0. The molecule has 2 N–H and O–H groups in total. The van der Waals surface area contributed by atoms with Crippen LogP contribution in [0, 0.1) is 0 Å². The molecule has 29 heavy (non-hydrogen) atoms. The third-order valence-corrected chi connectivity index (χ3v) is 5.67. The van der Waals surface area contributed by atoms with Crippen molar-refractivity contribution in [2.45, 2.75) is 43.7 Å². The summed E-state index contributed by atoms with van der Waals surface area (Å²) in [6.45, 7) is 3.61. The first-order valence-corrected chi connectivity index (χ1v) is 10.6. The SMILES string of the molecule is CCCC(NC(=O)C(C)OC(=O)c1ccc2c(c1)NC(=O)CS2)c1ccccc1. The smallest absolute Gasteiger partial charge is 0.338 e. The zero-order chi connectivity index (χ0) is 20.8. The van der Waals surface area contributed by atoms with Gasteiger partial charge in [-0.15, -0.1) is 11.8 Å². The fourth-order valence-corrected chi connectivity index (χ4v) is 3.87. The van der Waals surface area contributed by atoms with Crippen molar-refractivity contribution in [1.82, 2.24) is 5.32 Å². The molecule has 0 saturated carbocycles. The van der Waals surface area contributed by atoms with E-state index >= 15 is 0 Å². The Morgan fingerprint density at radius 3 is 2.69 bits per heavy atom. The zero-order valence-electron chi connectivity index (χ0n) is 16.4. The topological polar surface area (TPSA) is 84.5 Å². The molecule has 152 valence electrons. The number of carbonyl (C=O) groups is 3. The van der Waals surface area contributed by atoms with Crippen LogP contribution in [0.2, 0.25) is 0 Å². The van der Waals surface area contributed by atoms with Gasteiger partial charge in [-0.05, 0) is 37.1 Å². The highest BCUT2D eigenvalue weighted by molar-refractivity contribution is 8.00. The van der Waals surface area contributed by atoms with Crippen LogP contribution in [0.3, 0.4) is 0 Å². The van der Waals surface area contributed by atoms with E-state index in [0.717, 1.165) is 23.3 Å². The maximum atomic E-state index is 12.6. The number of benzene rings is 2. The highest BCUT2D eigenvalue weighted by Crippen LogP contribution is 2.32. The molecule has 7 heteroatoms. The first-order valence-electron chi connectivity index (χ1n) is 9.61. The van der Waals surface area contributed by atoms with Gasteiger partial charge in [-0.1, -0.05) is 43.7 Å². The molecule has 0 saturated heterocycles. The number of hydrogen-bond donors (Lipinski definition) is 2. The number of ether oxygens (including phenoxy) is 1. The minimum absolute atomic E-state index is 0.108. The van der Waals surface area contributed by atoms with E-state index in [1.54, 1.807) is 25.1 Å². The van der Waals surface area contributed by atoms with Crippen molar-refractivity contribution in [3.8, 4) is 0 Å². The zero-order valence-corrected chi connectivity index (χ0v) is 17.3. The van der Waals surface area contributed by atoms with Gasteiger partial charge < -0.3 is 15.4 Å². The molecule has 3 rings (SSSR count). The van der Waals surface area contributed by atoms with Gasteiger partial charge in [-0.3, -0.25) is 9.59 Å². The Morgan fingerprint density at radius 2 is 1.97 bits per heavy atom. The van der Waals surface area contributed by atoms with Crippen LogP contribution in [0.5, 0.6) is 0 Å². The average Bonchev–Trinajstić information content (AvgIpc) is 2.73.